The molecule has 55 heavy (non-hydrogen) atoms. The van der Waals surface area contributed by atoms with Crippen LogP contribution < -0.4 is 30.4 Å². The number of nitrogen functional groups attached to an aromatic ring is 2. The monoisotopic (exact) mass is 758 g/mol. The van der Waals surface area contributed by atoms with E-state index in [0.717, 1.165) is 50.3 Å². The van der Waals surface area contributed by atoms with Gasteiger partial charge in [-0.3, -0.25) is 0 Å². The Balaban J connectivity index is 1.74. The molecular weight excluding hydrogens is 700 g/mol. The van der Waals surface area contributed by atoms with Crippen LogP contribution >= 0.6 is 0 Å². The lowest BCUT2D eigenvalue weighted by Crippen LogP contribution is -2.14. The first kappa shape index (κ1) is 41.5. The molecule has 8 bridgehead atoms. The zero-order valence-electron chi connectivity index (χ0n) is 32.9. The van der Waals surface area contributed by atoms with Gasteiger partial charge in [-0.05, 0) is 75.2 Å². The smallest absolute Gasteiger partial charge is 0.126 e. The van der Waals surface area contributed by atoms with Crippen molar-refractivity contribution < 1.29 is 43.0 Å². The van der Waals surface area contributed by atoms with Gasteiger partial charge in [-0.1, -0.05) is 18.2 Å². The average molecular weight is 759 g/mol. The highest BCUT2D eigenvalue weighted by atomic mass is 16.5. The second-order valence-corrected chi connectivity index (χ2v) is 13.2. The summed E-state index contributed by atoms with van der Waals surface area (Å²) in [6.07, 6.45) is 1.68. The van der Waals surface area contributed by atoms with Crippen LogP contribution in [0.3, 0.4) is 0 Å². The van der Waals surface area contributed by atoms with Gasteiger partial charge >= 0.3 is 0 Å². The molecule has 0 amide bonds. The first-order chi connectivity index (χ1) is 26.8. The van der Waals surface area contributed by atoms with E-state index in [1.165, 1.54) is 0 Å². The molecule has 5 N–H and O–H groups in total. The quantitative estimate of drug-likeness (QED) is 0.0563. The van der Waals surface area contributed by atoms with E-state index in [0.29, 0.717) is 134 Å². The van der Waals surface area contributed by atoms with Crippen LogP contribution in [0, 0.1) is 0 Å². The molecule has 11 heteroatoms. The SMILES string of the molecule is CCOCCOc1c2cccc1Cc1cc(N)cc(c1OCCOCC)Cc1cc(O)cc(c1OCCOCC)Cc1cc(N)cc(c1OCCOCC)C2. The van der Waals surface area contributed by atoms with Gasteiger partial charge < -0.3 is 54.5 Å². The summed E-state index contributed by atoms with van der Waals surface area (Å²) in [4.78, 5) is 0. The lowest BCUT2D eigenvalue weighted by atomic mass is 9.90. The number of benzene rings is 4. The van der Waals surface area contributed by atoms with Gasteiger partial charge in [0.2, 0.25) is 0 Å². The van der Waals surface area contributed by atoms with Crippen molar-refractivity contribution >= 4 is 11.4 Å². The molecule has 0 unspecified atom stereocenters. The van der Waals surface area contributed by atoms with Crippen LogP contribution in [0.2, 0.25) is 0 Å². The Kier molecular flexibility index (Phi) is 16.2. The van der Waals surface area contributed by atoms with Gasteiger partial charge in [0.05, 0.1) is 26.4 Å². The van der Waals surface area contributed by atoms with Crippen molar-refractivity contribution in [3.05, 3.63) is 99.1 Å². The number of anilines is 2. The maximum Gasteiger partial charge on any atom is 0.126 e. The van der Waals surface area contributed by atoms with Crippen molar-refractivity contribution in [3.63, 3.8) is 0 Å². The minimum absolute atomic E-state index is 0.109. The Labute approximate surface area is 325 Å². The van der Waals surface area contributed by atoms with Crippen LogP contribution in [0.15, 0.2) is 54.6 Å². The standard InChI is InChI=1S/C44H58N2O9/c1-5-48-12-16-52-41-30-10-9-11-31(41)21-33-25-39(46)27-35(43(33)54-18-14-50-7-3)23-37-29-40(47)28-36(44(37)55-19-15-51-8-4)22-34-26-38(45)24-32(20-30)42(34)53-17-13-49-6-2/h9-11,24-29,47H,5-8,12-23,45-46H2,1-4H3. The highest BCUT2D eigenvalue weighted by molar-refractivity contribution is 5.62. The van der Waals surface area contributed by atoms with Gasteiger partial charge in [-0.15, -0.1) is 0 Å². The van der Waals surface area contributed by atoms with E-state index in [2.05, 4.69) is 12.1 Å². The molecule has 4 aromatic carbocycles. The number of phenolic OH excluding ortho intramolecular Hbond substituents is 1. The average Bonchev–Trinajstić information content (AvgIpc) is 3.15. The number of para-hydroxylation sites is 1. The van der Waals surface area contributed by atoms with Crippen molar-refractivity contribution in [3.8, 4) is 28.7 Å². The topological polar surface area (TPSA) is 146 Å². The Morgan fingerprint density at radius 2 is 0.691 bits per heavy atom. The predicted molar refractivity (Wildman–Crippen MR) is 215 cm³/mol. The fraction of sp³-hybridized carbons (Fsp3) is 0.455. The van der Waals surface area contributed by atoms with E-state index in [4.69, 9.17) is 49.4 Å². The summed E-state index contributed by atoms with van der Waals surface area (Å²) in [5.74, 6) is 2.94. The van der Waals surface area contributed by atoms with E-state index in [-0.39, 0.29) is 5.75 Å². The third-order valence-electron chi connectivity index (χ3n) is 9.17. The first-order valence-electron chi connectivity index (χ1n) is 19.4. The highest BCUT2D eigenvalue weighted by Gasteiger charge is 2.23. The molecule has 4 aromatic rings. The van der Waals surface area contributed by atoms with Crippen LogP contribution in [-0.4, -0.2) is 84.4 Å². The van der Waals surface area contributed by atoms with Gasteiger partial charge in [-0.25, -0.2) is 0 Å². The number of hydrogen-bond donors (Lipinski definition) is 3. The van der Waals surface area contributed by atoms with Gasteiger partial charge in [0.1, 0.15) is 55.2 Å². The zero-order valence-corrected chi connectivity index (χ0v) is 32.9. The fourth-order valence-electron chi connectivity index (χ4n) is 6.95. The number of phenols is 1. The molecule has 1 aliphatic rings. The van der Waals surface area contributed by atoms with E-state index in [1.807, 2.05) is 58.0 Å². The zero-order chi connectivity index (χ0) is 39.0. The molecule has 0 aliphatic heterocycles. The van der Waals surface area contributed by atoms with Gasteiger partial charge in [0.15, 0.2) is 0 Å². The molecule has 1 aliphatic carbocycles. The Morgan fingerprint density at radius 1 is 0.418 bits per heavy atom. The third-order valence-corrected chi connectivity index (χ3v) is 9.17. The minimum atomic E-state index is 0.109. The predicted octanol–water partition coefficient (Wildman–Crippen LogP) is 6.89. The highest BCUT2D eigenvalue weighted by Crippen LogP contribution is 2.41. The number of rotatable bonds is 20. The van der Waals surface area contributed by atoms with Gasteiger partial charge in [0.25, 0.3) is 0 Å². The lowest BCUT2D eigenvalue weighted by molar-refractivity contribution is 0.108. The summed E-state index contributed by atoms with van der Waals surface area (Å²) >= 11 is 0. The summed E-state index contributed by atoms with van der Waals surface area (Å²) in [5.41, 5.74) is 21.5. The molecule has 0 radical (unpaired) electrons. The molecule has 298 valence electrons. The summed E-state index contributed by atoms with van der Waals surface area (Å²) in [5, 5.41) is 11.3. The first-order valence-corrected chi connectivity index (χ1v) is 19.4. The second-order valence-electron chi connectivity index (χ2n) is 13.2. The molecule has 0 fully saturated rings. The largest absolute Gasteiger partial charge is 0.508 e. The van der Waals surface area contributed by atoms with Crippen LogP contribution in [-0.2, 0) is 44.6 Å². The Bertz CT molecular complexity index is 1720. The number of ether oxygens (including phenoxy) is 8. The summed E-state index contributed by atoms with van der Waals surface area (Å²) in [7, 11) is 0. The van der Waals surface area contributed by atoms with Crippen molar-refractivity contribution in [2.45, 2.75) is 53.4 Å². The van der Waals surface area contributed by atoms with E-state index < -0.39 is 0 Å². The maximum atomic E-state index is 11.3. The number of hydrogen-bond acceptors (Lipinski definition) is 11. The fourth-order valence-corrected chi connectivity index (χ4v) is 6.95. The van der Waals surface area contributed by atoms with Crippen molar-refractivity contribution in [2.24, 2.45) is 0 Å². The molecule has 0 saturated heterocycles. The van der Waals surface area contributed by atoms with Crippen molar-refractivity contribution in [1.82, 2.24) is 0 Å². The molecule has 0 heterocycles. The summed E-state index contributed by atoms with van der Waals surface area (Å²) in [6, 6.07) is 17.5. The molecule has 0 aromatic heterocycles. The van der Waals surface area contributed by atoms with Crippen LogP contribution in [0.4, 0.5) is 11.4 Å². The maximum absolute atomic E-state index is 11.3. The van der Waals surface area contributed by atoms with Crippen molar-refractivity contribution in [2.75, 3.05) is 90.7 Å². The van der Waals surface area contributed by atoms with E-state index in [1.54, 1.807) is 12.1 Å². The van der Waals surface area contributed by atoms with E-state index >= 15 is 0 Å². The molecule has 0 atom stereocenters. The third kappa shape index (κ3) is 11.7. The molecular formula is C44H58N2O9. The van der Waals surface area contributed by atoms with Gasteiger partial charge in [0, 0.05) is 96.9 Å². The molecule has 5 rings (SSSR count). The number of aromatic hydroxyl groups is 1. The minimum Gasteiger partial charge on any atom is -0.508 e. The number of nitrogens with two attached hydrogens (primary N) is 2. The van der Waals surface area contributed by atoms with Crippen LogP contribution in [0.25, 0.3) is 0 Å². The molecule has 11 nitrogen and oxygen atoms in total. The Hall–Kier alpha value is -4.68. The molecule has 0 spiro atoms. The van der Waals surface area contributed by atoms with Crippen LogP contribution in [0.5, 0.6) is 28.7 Å². The summed E-state index contributed by atoms with van der Waals surface area (Å²) in [6.45, 7) is 13.3. The summed E-state index contributed by atoms with van der Waals surface area (Å²) < 4.78 is 48.9. The van der Waals surface area contributed by atoms with Crippen molar-refractivity contribution in [1.29, 1.82) is 0 Å². The normalized spacial score (nSPS) is 12.4. The van der Waals surface area contributed by atoms with Gasteiger partial charge in [-0.2, -0.15) is 0 Å². The lowest BCUT2D eigenvalue weighted by Gasteiger charge is -2.23. The Morgan fingerprint density at radius 3 is 1.00 bits per heavy atom. The van der Waals surface area contributed by atoms with E-state index in [9.17, 15) is 5.11 Å². The van der Waals surface area contributed by atoms with Crippen LogP contribution in [0.1, 0.15) is 72.2 Å². The number of fused-ring (bicyclic) bond motifs is 8. The second kappa shape index (κ2) is 21.4. The molecule has 0 saturated carbocycles.